The molecule has 0 aliphatic heterocycles. The maximum atomic E-state index is 13.0. The molecule has 0 saturated carbocycles. The lowest BCUT2D eigenvalue weighted by Gasteiger charge is -2.16. The Morgan fingerprint density at radius 2 is 1.42 bits per heavy atom. The van der Waals surface area contributed by atoms with E-state index in [1.807, 2.05) is 32.0 Å². The van der Waals surface area contributed by atoms with Gasteiger partial charge in [0.1, 0.15) is 18.1 Å². The van der Waals surface area contributed by atoms with Crippen molar-refractivity contribution in [2.45, 2.75) is 48.1 Å². The second-order valence-corrected chi connectivity index (χ2v) is 8.25. The quantitative estimate of drug-likeness (QED) is 0.506. The van der Waals surface area contributed by atoms with Gasteiger partial charge in [-0.25, -0.2) is 0 Å². The molecule has 0 aromatic heterocycles. The molecule has 0 bridgehead atoms. The van der Waals surface area contributed by atoms with Crippen LogP contribution in [-0.4, -0.2) is 13.0 Å². The van der Waals surface area contributed by atoms with Crippen molar-refractivity contribution in [3.63, 3.8) is 0 Å². The third-order valence-electron chi connectivity index (χ3n) is 5.61. The highest BCUT2D eigenvalue weighted by Gasteiger charge is 2.14. The van der Waals surface area contributed by atoms with E-state index in [9.17, 15) is 4.79 Å². The Morgan fingerprint density at radius 1 is 0.806 bits per heavy atom. The van der Waals surface area contributed by atoms with Crippen LogP contribution in [0.15, 0.2) is 42.5 Å². The molecule has 0 heterocycles. The number of carbonyl (C=O) groups excluding carboxylic acids is 1. The molecule has 0 unspecified atom stereocenters. The lowest BCUT2D eigenvalue weighted by molar-refractivity contribution is 0.102. The Kier molecular flexibility index (Phi) is 6.69. The van der Waals surface area contributed by atoms with Crippen molar-refractivity contribution in [2.24, 2.45) is 0 Å². The molecule has 31 heavy (non-hydrogen) atoms. The molecule has 0 fully saturated rings. The molecule has 4 heteroatoms. The average Bonchev–Trinajstić information content (AvgIpc) is 2.71. The predicted octanol–water partition coefficient (Wildman–Crippen LogP) is 6.38. The van der Waals surface area contributed by atoms with Crippen molar-refractivity contribution >= 4 is 11.6 Å². The van der Waals surface area contributed by atoms with E-state index in [-0.39, 0.29) is 5.91 Å². The van der Waals surface area contributed by atoms with Crippen molar-refractivity contribution in [3.05, 3.63) is 87.0 Å². The topological polar surface area (TPSA) is 47.6 Å². The smallest absolute Gasteiger partial charge is 0.255 e. The van der Waals surface area contributed by atoms with Gasteiger partial charge < -0.3 is 14.8 Å². The van der Waals surface area contributed by atoms with Crippen LogP contribution in [0.2, 0.25) is 0 Å². The Bertz CT molecular complexity index is 1110. The van der Waals surface area contributed by atoms with E-state index in [0.717, 1.165) is 39.3 Å². The van der Waals surface area contributed by atoms with Gasteiger partial charge in [0.05, 0.1) is 7.11 Å². The van der Waals surface area contributed by atoms with E-state index in [0.29, 0.717) is 17.9 Å². The molecule has 3 aromatic rings. The number of nitrogens with one attached hydrogen (secondary N) is 1. The molecule has 1 N–H and O–H groups in total. The molecule has 0 atom stereocenters. The van der Waals surface area contributed by atoms with Crippen LogP contribution in [0, 0.1) is 41.5 Å². The summed E-state index contributed by atoms with van der Waals surface area (Å²) >= 11 is 0. The summed E-state index contributed by atoms with van der Waals surface area (Å²) in [4.78, 5) is 13.0. The molecular weight excluding hydrogens is 386 g/mol. The van der Waals surface area contributed by atoms with Gasteiger partial charge in [0.25, 0.3) is 5.91 Å². The van der Waals surface area contributed by atoms with Crippen molar-refractivity contribution in [1.29, 1.82) is 0 Å². The van der Waals surface area contributed by atoms with Crippen molar-refractivity contribution in [1.82, 2.24) is 0 Å². The standard InChI is InChI=1S/C27H31NO3/c1-16-11-19(4)26(20(5)12-16)28-27(29)22-8-9-24(30-7)23(14-22)15-31-25-13-17(2)10-18(3)21(25)6/h8-14H,15H2,1-7H3,(H,28,29). The summed E-state index contributed by atoms with van der Waals surface area (Å²) in [5.74, 6) is 1.39. The first kappa shape index (κ1) is 22.4. The lowest BCUT2D eigenvalue weighted by Crippen LogP contribution is -2.14. The molecule has 0 spiro atoms. The van der Waals surface area contributed by atoms with Gasteiger partial charge >= 0.3 is 0 Å². The van der Waals surface area contributed by atoms with Crippen LogP contribution in [0.1, 0.15) is 49.3 Å². The monoisotopic (exact) mass is 417 g/mol. The largest absolute Gasteiger partial charge is 0.496 e. The number of benzene rings is 3. The second-order valence-electron chi connectivity index (χ2n) is 8.25. The Hall–Kier alpha value is -3.27. The van der Waals surface area contributed by atoms with Gasteiger partial charge in [-0.15, -0.1) is 0 Å². The normalized spacial score (nSPS) is 10.7. The van der Waals surface area contributed by atoms with Crippen molar-refractivity contribution < 1.29 is 14.3 Å². The molecule has 4 nitrogen and oxygen atoms in total. The molecule has 0 saturated heterocycles. The Morgan fingerprint density at radius 3 is 2.06 bits per heavy atom. The van der Waals surface area contributed by atoms with Gasteiger partial charge in [0.15, 0.2) is 0 Å². The number of hydrogen-bond acceptors (Lipinski definition) is 3. The molecule has 162 valence electrons. The molecule has 1 amide bonds. The minimum Gasteiger partial charge on any atom is -0.496 e. The molecule has 0 aliphatic rings. The first-order valence-corrected chi connectivity index (χ1v) is 10.5. The minimum absolute atomic E-state index is 0.151. The number of carbonyl (C=O) groups is 1. The van der Waals surface area contributed by atoms with E-state index in [1.54, 1.807) is 13.2 Å². The van der Waals surface area contributed by atoms with Crippen LogP contribution in [0.3, 0.4) is 0 Å². The molecule has 3 rings (SSSR count). The van der Waals surface area contributed by atoms with Crippen LogP contribution < -0.4 is 14.8 Å². The van der Waals surface area contributed by atoms with Gasteiger partial charge in [0, 0.05) is 16.8 Å². The van der Waals surface area contributed by atoms with Crippen LogP contribution in [0.4, 0.5) is 5.69 Å². The maximum Gasteiger partial charge on any atom is 0.255 e. The molecule has 3 aromatic carbocycles. The van der Waals surface area contributed by atoms with Crippen molar-refractivity contribution in [3.8, 4) is 11.5 Å². The number of amides is 1. The highest BCUT2D eigenvalue weighted by molar-refractivity contribution is 6.05. The lowest BCUT2D eigenvalue weighted by atomic mass is 10.0. The highest BCUT2D eigenvalue weighted by Crippen LogP contribution is 2.28. The van der Waals surface area contributed by atoms with Crippen LogP contribution in [0.25, 0.3) is 0 Å². The Balaban J connectivity index is 1.85. The fourth-order valence-electron chi connectivity index (χ4n) is 3.90. The number of aryl methyl sites for hydroxylation is 5. The minimum atomic E-state index is -0.151. The zero-order valence-electron chi connectivity index (χ0n) is 19.5. The van der Waals surface area contributed by atoms with Crippen LogP contribution in [-0.2, 0) is 6.61 Å². The molecule has 0 radical (unpaired) electrons. The van der Waals surface area contributed by atoms with E-state index in [4.69, 9.17) is 9.47 Å². The third-order valence-corrected chi connectivity index (χ3v) is 5.61. The maximum absolute atomic E-state index is 13.0. The molecule has 0 aliphatic carbocycles. The summed E-state index contributed by atoms with van der Waals surface area (Å²) in [6, 6.07) is 13.8. The number of ether oxygens (including phenoxy) is 2. The summed E-state index contributed by atoms with van der Waals surface area (Å²) < 4.78 is 11.6. The van der Waals surface area contributed by atoms with Crippen LogP contribution >= 0.6 is 0 Å². The van der Waals surface area contributed by atoms with E-state index in [2.05, 4.69) is 51.2 Å². The summed E-state index contributed by atoms with van der Waals surface area (Å²) in [6.07, 6.45) is 0. The third kappa shape index (κ3) is 5.08. The fraction of sp³-hybridized carbons (Fsp3) is 0.296. The predicted molar refractivity (Wildman–Crippen MR) is 127 cm³/mol. The van der Waals surface area contributed by atoms with Gasteiger partial charge in [-0.2, -0.15) is 0 Å². The Labute approximate surface area is 185 Å². The van der Waals surface area contributed by atoms with Gasteiger partial charge in [0.2, 0.25) is 0 Å². The number of rotatable bonds is 6. The summed E-state index contributed by atoms with van der Waals surface area (Å²) in [6.45, 7) is 12.6. The van der Waals surface area contributed by atoms with E-state index in [1.165, 1.54) is 11.1 Å². The van der Waals surface area contributed by atoms with E-state index >= 15 is 0 Å². The first-order valence-electron chi connectivity index (χ1n) is 10.5. The number of hydrogen-bond donors (Lipinski definition) is 1. The van der Waals surface area contributed by atoms with E-state index < -0.39 is 0 Å². The fourth-order valence-corrected chi connectivity index (χ4v) is 3.90. The molecular formula is C27H31NO3. The zero-order valence-corrected chi connectivity index (χ0v) is 19.5. The summed E-state index contributed by atoms with van der Waals surface area (Å²) in [5.41, 5.74) is 8.99. The van der Waals surface area contributed by atoms with Gasteiger partial charge in [-0.1, -0.05) is 23.8 Å². The van der Waals surface area contributed by atoms with Crippen LogP contribution in [0.5, 0.6) is 11.5 Å². The van der Waals surface area contributed by atoms with Crippen molar-refractivity contribution in [2.75, 3.05) is 12.4 Å². The zero-order chi connectivity index (χ0) is 22.7. The SMILES string of the molecule is COc1ccc(C(=O)Nc2c(C)cc(C)cc2C)cc1COc1cc(C)cc(C)c1C. The number of methoxy groups -OCH3 is 1. The second kappa shape index (κ2) is 9.25. The average molecular weight is 418 g/mol. The number of anilines is 1. The summed E-state index contributed by atoms with van der Waals surface area (Å²) in [5, 5.41) is 3.06. The summed E-state index contributed by atoms with van der Waals surface area (Å²) in [7, 11) is 1.62. The first-order chi connectivity index (χ1) is 14.7. The van der Waals surface area contributed by atoms with Gasteiger partial charge in [-0.05, 0) is 93.6 Å². The van der Waals surface area contributed by atoms with Gasteiger partial charge in [-0.3, -0.25) is 4.79 Å². The highest BCUT2D eigenvalue weighted by atomic mass is 16.5.